The first-order valence-electron chi connectivity index (χ1n) is 18.0. The van der Waals surface area contributed by atoms with E-state index in [4.69, 9.17) is 9.47 Å². The molecule has 0 bridgehead atoms. The van der Waals surface area contributed by atoms with Crippen LogP contribution in [0.2, 0.25) is 0 Å². The van der Waals surface area contributed by atoms with E-state index in [1.807, 2.05) is 0 Å². The van der Waals surface area contributed by atoms with E-state index in [1.54, 1.807) is 0 Å². The summed E-state index contributed by atoms with van der Waals surface area (Å²) in [6.07, 6.45) is -52.3. The number of hydrogen-bond donors (Lipinski definition) is 0. The molecule has 0 spiro atoms. The van der Waals surface area contributed by atoms with Crippen molar-refractivity contribution in [3.05, 3.63) is 117 Å². The van der Waals surface area contributed by atoms with Gasteiger partial charge in [-0.2, -0.15) is 105 Å². The normalized spacial score (nSPS) is 18.1. The molecule has 0 radical (unpaired) electrons. The zero-order chi connectivity index (χ0) is 51.1. The minimum atomic E-state index is -5.68. The molecular formula is C39H24F24O2P2. The fourth-order valence-electron chi connectivity index (χ4n) is 6.68. The molecule has 5 rings (SSSR count). The zero-order valence-electron chi connectivity index (χ0n) is 32.8. The molecule has 1 aliphatic rings. The maximum Gasteiger partial charge on any atom is 0.416 e. The molecule has 4 aromatic carbocycles. The van der Waals surface area contributed by atoms with Crippen molar-refractivity contribution >= 4 is 37.1 Å². The Bertz CT molecular complexity index is 1990. The van der Waals surface area contributed by atoms with Crippen molar-refractivity contribution in [2.24, 2.45) is 0 Å². The topological polar surface area (TPSA) is 18.5 Å². The van der Waals surface area contributed by atoms with Crippen LogP contribution in [-0.2, 0) is 58.9 Å². The summed E-state index contributed by atoms with van der Waals surface area (Å²) in [4.78, 5) is 0. The van der Waals surface area contributed by atoms with Crippen molar-refractivity contribution in [3.8, 4) is 0 Å². The SMILES string of the molecule is CC1(C)O[C@@H](CP(c2cc(C(F)(F)F)cc(C(F)(F)F)c2)c2cc(C(F)(F)F)cc(C(F)(F)F)c2)[C@H](CP(c2cc(C(F)(F)F)cc(C(F)(F)F)c2)c2cc(C(F)(F)F)cc(C(F)(F)F)c2)O1. The van der Waals surface area contributed by atoms with Crippen LogP contribution in [0.1, 0.15) is 58.4 Å². The van der Waals surface area contributed by atoms with Gasteiger partial charge in [0.15, 0.2) is 5.79 Å². The summed E-state index contributed by atoms with van der Waals surface area (Å²) in [6.45, 7) is 1.92. The van der Waals surface area contributed by atoms with E-state index >= 15 is 0 Å². The minimum absolute atomic E-state index is 0.0556. The molecule has 0 saturated carbocycles. The standard InChI is InChI=1S/C39H24F24O2P2/c1-31(2)64-29(15-66(25-7-17(32(40,41)42)3-18(8-25)33(43,44)45)26-9-19(34(46,47)48)4-20(10-26)35(49,50)51)30(65-31)16-67(27-11-21(36(52,53)54)5-22(12-27)37(55,56)57)28-13-23(38(58,59)60)6-24(14-28)39(61,62)63/h3-14,29-30H,15-16H2,1-2H3/t29-,30-/m0/s1. The third kappa shape index (κ3) is 13.2. The third-order valence-corrected chi connectivity index (χ3v) is 14.5. The number of benzene rings is 4. The van der Waals surface area contributed by atoms with E-state index < -0.39 is 186 Å². The van der Waals surface area contributed by atoms with E-state index in [-0.39, 0.29) is 48.5 Å². The monoisotopic (exact) mass is 1040 g/mol. The number of rotatable bonds is 8. The van der Waals surface area contributed by atoms with Crippen LogP contribution in [0.15, 0.2) is 72.8 Å². The summed E-state index contributed by atoms with van der Waals surface area (Å²) < 4.78 is 350. The van der Waals surface area contributed by atoms with Gasteiger partial charge in [0.25, 0.3) is 0 Å². The van der Waals surface area contributed by atoms with Crippen LogP contribution >= 0.6 is 15.8 Å². The van der Waals surface area contributed by atoms with Crippen LogP contribution in [0.25, 0.3) is 0 Å². The molecule has 1 heterocycles. The second-order valence-corrected chi connectivity index (χ2v) is 19.5. The smallest absolute Gasteiger partial charge is 0.344 e. The van der Waals surface area contributed by atoms with Crippen LogP contribution in [0.4, 0.5) is 105 Å². The van der Waals surface area contributed by atoms with Crippen LogP contribution in [0, 0.1) is 0 Å². The third-order valence-electron chi connectivity index (χ3n) is 9.55. The summed E-state index contributed by atoms with van der Waals surface area (Å²) >= 11 is 0. The fourth-order valence-corrected chi connectivity index (χ4v) is 11.8. The summed E-state index contributed by atoms with van der Waals surface area (Å²) in [5.41, 5.74) is -17.1. The fraction of sp³-hybridized carbons (Fsp3) is 0.385. The van der Waals surface area contributed by atoms with Gasteiger partial charge in [0.1, 0.15) is 0 Å². The molecule has 0 unspecified atom stereocenters. The highest BCUT2D eigenvalue weighted by Crippen LogP contribution is 2.50. The van der Waals surface area contributed by atoms with Crippen molar-refractivity contribution in [1.29, 1.82) is 0 Å². The van der Waals surface area contributed by atoms with Crippen molar-refractivity contribution in [3.63, 3.8) is 0 Å². The van der Waals surface area contributed by atoms with Gasteiger partial charge in [0, 0.05) is 12.3 Å². The molecule has 28 heteroatoms. The number of halogens is 24. The Balaban J connectivity index is 1.83. The Hall–Kier alpha value is -4.02. The molecule has 1 aliphatic heterocycles. The van der Waals surface area contributed by atoms with Crippen molar-refractivity contribution in [2.45, 2.75) is 81.3 Å². The lowest BCUT2D eigenvalue weighted by Crippen LogP contribution is -2.35. The molecule has 370 valence electrons. The van der Waals surface area contributed by atoms with Crippen LogP contribution in [-0.4, -0.2) is 30.3 Å². The lowest BCUT2D eigenvalue weighted by atomic mass is 10.1. The van der Waals surface area contributed by atoms with Crippen LogP contribution < -0.4 is 21.2 Å². The first kappa shape index (κ1) is 53.9. The molecule has 0 aromatic heterocycles. The summed E-state index contributed by atoms with van der Waals surface area (Å²) in [7, 11) is -6.98. The molecule has 1 saturated heterocycles. The lowest BCUT2D eigenvalue weighted by Gasteiger charge is -2.29. The van der Waals surface area contributed by atoms with Gasteiger partial charge in [-0.25, -0.2) is 0 Å². The van der Waals surface area contributed by atoms with Crippen molar-refractivity contribution < 1.29 is 115 Å². The van der Waals surface area contributed by atoms with Gasteiger partial charge in [-0.1, -0.05) is 0 Å². The predicted molar refractivity (Wildman–Crippen MR) is 192 cm³/mol. The van der Waals surface area contributed by atoms with Crippen LogP contribution in [0.3, 0.4) is 0 Å². The Morgan fingerprint density at radius 1 is 0.313 bits per heavy atom. The second-order valence-electron chi connectivity index (χ2n) is 15.0. The van der Waals surface area contributed by atoms with Crippen molar-refractivity contribution in [1.82, 2.24) is 0 Å². The number of alkyl halides is 24. The molecule has 0 amide bonds. The Labute approximate surface area is 362 Å². The molecule has 67 heavy (non-hydrogen) atoms. The van der Waals surface area contributed by atoms with Crippen molar-refractivity contribution in [2.75, 3.05) is 12.3 Å². The summed E-state index contributed by atoms with van der Waals surface area (Å²) in [5.74, 6) is -2.16. The zero-order valence-corrected chi connectivity index (χ0v) is 34.6. The van der Waals surface area contributed by atoms with Gasteiger partial charge in [-0.05, 0) is 124 Å². The van der Waals surface area contributed by atoms with E-state index in [0.29, 0.717) is 0 Å². The first-order chi connectivity index (χ1) is 29.9. The average molecular weight is 1040 g/mol. The molecule has 4 aromatic rings. The van der Waals surface area contributed by atoms with E-state index in [0.717, 1.165) is 13.8 Å². The second kappa shape index (κ2) is 17.7. The highest BCUT2D eigenvalue weighted by Gasteiger charge is 2.48. The first-order valence-corrected chi connectivity index (χ1v) is 21.1. The van der Waals surface area contributed by atoms with Gasteiger partial charge < -0.3 is 9.47 Å². The van der Waals surface area contributed by atoms with Gasteiger partial charge in [-0.15, -0.1) is 0 Å². The highest BCUT2D eigenvalue weighted by molar-refractivity contribution is 7.73. The molecule has 1 fully saturated rings. The van der Waals surface area contributed by atoms with E-state index in [2.05, 4.69) is 0 Å². The molecule has 0 aliphatic carbocycles. The number of hydrogen-bond acceptors (Lipinski definition) is 2. The Morgan fingerprint density at radius 3 is 0.597 bits per heavy atom. The minimum Gasteiger partial charge on any atom is -0.344 e. The van der Waals surface area contributed by atoms with Gasteiger partial charge >= 0.3 is 49.4 Å². The summed E-state index contributed by atoms with van der Waals surface area (Å²) in [6, 6.07) is -2.25. The van der Waals surface area contributed by atoms with Gasteiger partial charge in [-0.3, -0.25) is 0 Å². The Morgan fingerprint density at radius 2 is 0.463 bits per heavy atom. The van der Waals surface area contributed by atoms with E-state index in [9.17, 15) is 105 Å². The van der Waals surface area contributed by atoms with Gasteiger partial charge in [0.05, 0.1) is 56.7 Å². The quantitative estimate of drug-likeness (QED) is 0.129. The highest BCUT2D eigenvalue weighted by atomic mass is 31.1. The largest absolute Gasteiger partial charge is 0.416 e. The molecule has 2 nitrogen and oxygen atoms in total. The van der Waals surface area contributed by atoms with Crippen LogP contribution in [0.5, 0.6) is 0 Å². The molecule has 2 atom stereocenters. The van der Waals surface area contributed by atoms with Gasteiger partial charge in [0.2, 0.25) is 0 Å². The molecule has 0 N–H and O–H groups in total. The average Bonchev–Trinajstić information content (AvgIpc) is 3.44. The maximum atomic E-state index is 14.1. The predicted octanol–water partition coefficient (Wildman–Crippen LogP) is 13.9. The molecular weight excluding hydrogens is 1020 g/mol. The lowest BCUT2D eigenvalue weighted by molar-refractivity contribution is -0.144. The maximum absolute atomic E-state index is 14.1. The Kier molecular flexibility index (Phi) is 14.3. The summed E-state index contributed by atoms with van der Waals surface area (Å²) in [5, 5.41) is -4.95. The number of ether oxygens (including phenoxy) is 2. The van der Waals surface area contributed by atoms with E-state index in [1.165, 1.54) is 0 Å².